The molecular weight excluding hydrogens is 562 g/mol. The number of aromatic nitrogens is 4. The zero-order valence-corrected chi connectivity index (χ0v) is 22.5. The Kier molecular flexibility index (Phi) is 8.33. The zero-order valence-electron chi connectivity index (χ0n) is 21.0. The minimum absolute atomic E-state index is 0.0729. The number of alkyl halides is 3. The van der Waals surface area contributed by atoms with Crippen LogP contribution >= 0.6 is 23.2 Å². The lowest BCUT2D eigenvalue weighted by atomic mass is 10.2. The first-order valence-corrected chi connectivity index (χ1v) is 12.5. The first-order chi connectivity index (χ1) is 18.3. The average molecular weight is 586 g/mol. The average Bonchev–Trinajstić information content (AvgIpc) is 3.34. The van der Waals surface area contributed by atoms with Crippen molar-refractivity contribution in [3.8, 4) is 5.82 Å². The van der Waals surface area contributed by atoms with Gasteiger partial charge in [0.1, 0.15) is 6.33 Å². The first-order valence-electron chi connectivity index (χ1n) is 11.8. The van der Waals surface area contributed by atoms with Crippen LogP contribution in [0.3, 0.4) is 0 Å². The van der Waals surface area contributed by atoms with Crippen LogP contribution in [0.4, 0.5) is 23.7 Å². The van der Waals surface area contributed by atoms with Crippen molar-refractivity contribution in [1.29, 1.82) is 0 Å². The van der Waals surface area contributed by atoms with E-state index < -0.39 is 28.8 Å². The highest BCUT2D eigenvalue weighted by Crippen LogP contribution is 2.39. The Morgan fingerprint density at radius 3 is 2.41 bits per heavy atom. The topological polar surface area (TPSA) is 114 Å². The molecule has 4 rings (SSSR count). The largest absolute Gasteiger partial charge is 0.417 e. The lowest BCUT2D eigenvalue weighted by molar-refractivity contribution is -0.137. The van der Waals surface area contributed by atoms with Crippen molar-refractivity contribution in [2.75, 3.05) is 18.4 Å². The summed E-state index contributed by atoms with van der Waals surface area (Å²) < 4.78 is 46.6. The van der Waals surface area contributed by atoms with Gasteiger partial charge in [-0.05, 0) is 45.0 Å². The normalized spacial score (nSPS) is 18.5. The van der Waals surface area contributed by atoms with Crippen LogP contribution in [0.1, 0.15) is 48.6 Å². The fourth-order valence-electron chi connectivity index (χ4n) is 4.17. The number of rotatable bonds is 5. The molecule has 1 aromatic carbocycles. The third kappa shape index (κ3) is 6.60. The fourth-order valence-corrected chi connectivity index (χ4v) is 4.71. The fraction of sp³-hybridized carbons (Fsp3) is 0.375. The SMILES string of the molecule is C[C@@H]1CN(C(=O)c2ccc(-n3ncnc3[C@H](C)NC(=O)Nc3cc(C(F)(F)F)c(Cl)cc3Cl)nc2)C[C@H](C)O1. The molecule has 3 amide bonds. The number of urea groups is 1. The molecule has 3 aromatic rings. The number of nitrogens with zero attached hydrogens (tertiary/aromatic N) is 5. The Morgan fingerprint density at radius 2 is 1.79 bits per heavy atom. The summed E-state index contributed by atoms with van der Waals surface area (Å²) in [6, 6.07) is 3.19. The summed E-state index contributed by atoms with van der Waals surface area (Å²) in [6.07, 6.45) is -2.19. The molecule has 10 nitrogen and oxygen atoms in total. The number of carbonyl (C=O) groups excluding carboxylic acids is 2. The number of hydrogen-bond donors (Lipinski definition) is 2. The molecule has 1 aliphatic rings. The van der Waals surface area contributed by atoms with Crippen LogP contribution in [-0.2, 0) is 10.9 Å². The first kappa shape index (κ1) is 28.6. The summed E-state index contributed by atoms with van der Waals surface area (Å²) in [7, 11) is 0. The lowest BCUT2D eigenvalue weighted by Gasteiger charge is -2.35. The van der Waals surface area contributed by atoms with E-state index in [4.69, 9.17) is 27.9 Å². The molecule has 0 saturated carbocycles. The molecule has 3 atom stereocenters. The molecule has 3 heterocycles. The van der Waals surface area contributed by atoms with E-state index in [1.807, 2.05) is 13.8 Å². The number of carbonyl (C=O) groups is 2. The molecule has 1 fully saturated rings. The summed E-state index contributed by atoms with van der Waals surface area (Å²) in [6.45, 7) is 6.36. The molecule has 1 saturated heterocycles. The predicted molar refractivity (Wildman–Crippen MR) is 137 cm³/mol. The smallest absolute Gasteiger partial charge is 0.372 e. The van der Waals surface area contributed by atoms with Crippen LogP contribution in [0.25, 0.3) is 5.82 Å². The van der Waals surface area contributed by atoms with Crippen LogP contribution in [0, 0.1) is 0 Å². The van der Waals surface area contributed by atoms with Gasteiger partial charge in [0.25, 0.3) is 5.91 Å². The molecule has 0 bridgehead atoms. The van der Waals surface area contributed by atoms with Crippen LogP contribution in [-0.4, -0.2) is 61.9 Å². The quantitative estimate of drug-likeness (QED) is 0.429. The van der Waals surface area contributed by atoms with E-state index in [0.717, 1.165) is 6.07 Å². The highest BCUT2D eigenvalue weighted by molar-refractivity contribution is 6.37. The molecule has 2 N–H and O–H groups in total. The number of anilines is 1. The van der Waals surface area contributed by atoms with Gasteiger partial charge in [-0.2, -0.15) is 23.0 Å². The van der Waals surface area contributed by atoms with Gasteiger partial charge in [0.2, 0.25) is 0 Å². The molecule has 2 aromatic heterocycles. The highest BCUT2D eigenvalue weighted by Gasteiger charge is 2.34. The third-order valence-electron chi connectivity index (χ3n) is 5.84. The summed E-state index contributed by atoms with van der Waals surface area (Å²) in [5, 5.41) is 8.26. The molecule has 0 radical (unpaired) electrons. The molecule has 0 spiro atoms. The molecule has 0 aliphatic carbocycles. The van der Waals surface area contributed by atoms with Crippen molar-refractivity contribution in [3.05, 3.63) is 63.8 Å². The van der Waals surface area contributed by atoms with Gasteiger partial charge in [-0.3, -0.25) is 4.79 Å². The van der Waals surface area contributed by atoms with Gasteiger partial charge >= 0.3 is 12.2 Å². The van der Waals surface area contributed by atoms with E-state index >= 15 is 0 Å². The van der Waals surface area contributed by atoms with Crippen LogP contribution in [0.2, 0.25) is 10.0 Å². The maximum atomic E-state index is 13.2. The lowest BCUT2D eigenvalue weighted by Crippen LogP contribution is -2.48. The second kappa shape index (κ2) is 11.4. The number of hydrogen-bond acceptors (Lipinski definition) is 6. The number of halogens is 5. The number of nitrogens with one attached hydrogen (secondary N) is 2. The van der Waals surface area contributed by atoms with Gasteiger partial charge in [0.05, 0.1) is 45.1 Å². The molecule has 0 unspecified atom stereocenters. The minimum atomic E-state index is -4.73. The summed E-state index contributed by atoms with van der Waals surface area (Å²) in [5.74, 6) is 0.453. The van der Waals surface area contributed by atoms with E-state index in [1.54, 1.807) is 24.0 Å². The molecule has 39 heavy (non-hydrogen) atoms. The number of amides is 3. The van der Waals surface area contributed by atoms with Gasteiger partial charge in [-0.15, -0.1) is 0 Å². The monoisotopic (exact) mass is 585 g/mol. The van der Waals surface area contributed by atoms with Crippen molar-refractivity contribution in [2.45, 2.75) is 45.2 Å². The standard InChI is InChI=1S/C24H24Cl2F3N7O3/c1-12-9-35(10-13(2)39-12)22(37)15-4-5-20(30-8-15)36-21(31-11-32-36)14(3)33-23(38)34-19-6-16(24(27,28)29)17(25)7-18(19)26/h4-8,11-14H,9-10H2,1-3H3,(H2,33,34,38)/t12-,13+,14-/m0/s1. The van der Waals surface area contributed by atoms with Gasteiger partial charge in [-0.1, -0.05) is 23.2 Å². The van der Waals surface area contributed by atoms with Crippen LogP contribution in [0.15, 0.2) is 36.8 Å². The Labute approximate surface area is 231 Å². The Hall–Kier alpha value is -3.42. The summed E-state index contributed by atoms with van der Waals surface area (Å²) in [5.41, 5.74) is -1.02. The molecule has 208 valence electrons. The van der Waals surface area contributed by atoms with Crippen molar-refractivity contribution < 1.29 is 27.5 Å². The second-order valence-electron chi connectivity index (χ2n) is 9.03. The number of pyridine rings is 1. The number of morpholine rings is 1. The van der Waals surface area contributed by atoms with E-state index in [2.05, 4.69) is 25.7 Å². The molecular formula is C24H24Cl2F3N7O3. The van der Waals surface area contributed by atoms with E-state index in [9.17, 15) is 22.8 Å². The van der Waals surface area contributed by atoms with Crippen molar-refractivity contribution in [2.24, 2.45) is 0 Å². The summed E-state index contributed by atoms with van der Waals surface area (Å²) in [4.78, 5) is 35.7. The Balaban J connectivity index is 1.45. The van der Waals surface area contributed by atoms with Gasteiger partial charge in [-0.25, -0.2) is 14.8 Å². The van der Waals surface area contributed by atoms with Gasteiger partial charge in [0, 0.05) is 19.3 Å². The zero-order chi connectivity index (χ0) is 28.5. The summed E-state index contributed by atoms with van der Waals surface area (Å²) >= 11 is 11.6. The second-order valence-corrected chi connectivity index (χ2v) is 9.85. The third-order valence-corrected chi connectivity index (χ3v) is 6.46. The highest BCUT2D eigenvalue weighted by atomic mass is 35.5. The van der Waals surface area contributed by atoms with Gasteiger partial charge < -0.3 is 20.3 Å². The van der Waals surface area contributed by atoms with E-state index in [0.29, 0.717) is 30.5 Å². The van der Waals surface area contributed by atoms with Crippen molar-refractivity contribution >= 4 is 40.8 Å². The maximum Gasteiger partial charge on any atom is 0.417 e. The maximum absolute atomic E-state index is 13.2. The molecule has 15 heteroatoms. The predicted octanol–water partition coefficient (Wildman–Crippen LogP) is 5.12. The van der Waals surface area contributed by atoms with E-state index in [1.165, 1.54) is 17.2 Å². The Bertz CT molecular complexity index is 1360. The van der Waals surface area contributed by atoms with Crippen molar-refractivity contribution in [1.82, 2.24) is 30.0 Å². The number of ether oxygens (including phenoxy) is 1. The van der Waals surface area contributed by atoms with Gasteiger partial charge in [0.15, 0.2) is 11.6 Å². The van der Waals surface area contributed by atoms with Crippen LogP contribution < -0.4 is 10.6 Å². The van der Waals surface area contributed by atoms with Crippen LogP contribution in [0.5, 0.6) is 0 Å². The van der Waals surface area contributed by atoms with Crippen molar-refractivity contribution in [3.63, 3.8) is 0 Å². The minimum Gasteiger partial charge on any atom is -0.372 e. The number of benzene rings is 1. The Morgan fingerprint density at radius 1 is 1.10 bits per heavy atom. The molecule has 1 aliphatic heterocycles. The van der Waals surface area contributed by atoms with E-state index in [-0.39, 0.29) is 34.6 Å².